The number of hydrogen-bond donors (Lipinski definition) is 2. The fourth-order valence-electron chi connectivity index (χ4n) is 2.95. The van der Waals surface area contributed by atoms with Crippen molar-refractivity contribution in [3.05, 3.63) is 68.0 Å². The number of aromatic hydroxyl groups is 1. The summed E-state index contributed by atoms with van der Waals surface area (Å²) < 4.78 is 39.2. The molecule has 0 saturated carbocycles. The lowest BCUT2D eigenvalue weighted by Gasteiger charge is -2.10. The van der Waals surface area contributed by atoms with E-state index in [-0.39, 0.29) is 11.3 Å². The number of hydrogen-bond acceptors (Lipinski definition) is 3. The minimum Gasteiger partial charge on any atom is -0.506 e. The van der Waals surface area contributed by atoms with Crippen LogP contribution >= 0.6 is 34.5 Å². The van der Waals surface area contributed by atoms with Crippen molar-refractivity contribution in [2.75, 3.05) is 12.4 Å². The molecule has 28 heavy (non-hydrogen) atoms. The maximum Gasteiger partial charge on any atom is 0.416 e. The molecule has 2 aromatic carbocycles. The summed E-state index contributed by atoms with van der Waals surface area (Å²) in [6, 6.07) is 8.43. The molecule has 3 aromatic rings. The van der Waals surface area contributed by atoms with Gasteiger partial charge in [0.15, 0.2) is 0 Å². The standard InChI is InChI=1S/C20H16Cl2F3NOS/c1-10-6-7-14(21)17(22)13(10)9-15-18(27)16(19(26-2)28-15)11-4-3-5-12(8-11)20(23,24)25/h3-8,26-27H,9H2,1-2H3. The predicted molar refractivity (Wildman–Crippen MR) is 110 cm³/mol. The van der Waals surface area contributed by atoms with Gasteiger partial charge in [-0.3, -0.25) is 0 Å². The third-order valence-electron chi connectivity index (χ3n) is 4.43. The first-order chi connectivity index (χ1) is 13.1. The van der Waals surface area contributed by atoms with Crippen LogP contribution in [0.3, 0.4) is 0 Å². The van der Waals surface area contributed by atoms with Crippen molar-refractivity contribution in [3.8, 4) is 16.9 Å². The monoisotopic (exact) mass is 445 g/mol. The van der Waals surface area contributed by atoms with E-state index in [1.54, 1.807) is 19.2 Å². The second kappa shape index (κ2) is 7.85. The van der Waals surface area contributed by atoms with Crippen LogP contribution in [-0.4, -0.2) is 12.2 Å². The van der Waals surface area contributed by atoms with Gasteiger partial charge in [-0.15, -0.1) is 11.3 Å². The molecule has 0 bridgehead atoms. The number of rotatable bonds is 4. The van der Waals surface area contributed by atoms with Crippen molar-refractivity contribution < 1.29 is 18.3 Å². The molecule has 0 spiro atoms. The second-order valence-electron chi connectivity index (χ2n) is 6.24. The normalized spacial score (nSPS) is 11.7. The van der Waals surface area contributed by atoms with Crippen LogP contribution in [0.25, 0.3) is 11.1 Å². The highest BCUT2D eigenvalue weighted by Gasteiger charge is 2.31. The molecule has 0 amide bonds. The average molecular weight is 446 g/mol. The molecular formula is C20H16Cl2F3NOS. The highest BCUT2D eigenvalue weighted by molar-refractivity contribution is 7.17. The van der Waals surface area contributed by atoms with Crippen LogP contribution in [0.2, 0.25) is 10.0 Å². The lowest BCUT2D eigenvalue weighted by Crippen LogP contribution is -2.04. The first-order valence-corrected chi connectivity index (χ1v) is 9.84. The summed E-state index contributed by atoms with van der Waals surface area (Å²) in [6.45, 7) is 1.88. The summed E-state index contributed by atoms with van der Waals surface area (Å²) in [5, 5.41) is 15.2. The molecule has 0 aliphatic rings. The van der Waals surface area contributed by atoms with Crippen LogP contribution in [0.4, 0.5) is 18.2 Å². The Balaban J connectivity index is 2.10. The van der Waals surface area contributed by atoms with Crippen molar-refractivity contribution in [1.29, 1.82) is 0 Å². The Kier molecular flexibility index (Phi) is 5.84. The SMILES string of the molecule is CNc1sc(Cc2c(C)ccc(Cl)c2Cl)c(O)c1-c1cccc(C(F)(F)F)c1. The second-order valence-corrected chi connectivity index (χ2v) is 8.13. The lowest BCUT2D eigenvalue weighted by atomic mass is 10.0. The van der Waals surface area contributed by atoms with Gasteiger partial charge in [-0.25, -0.2) is 0 Å². The quantitative estimate of drug-likeness (QED) is 0.438. The molecule has 0 fully saturated rings. The van der Waals surface area contributed by atoms with E-state index in [4.69, 9.17) is 23.2 Å². The van der Waals surface area contributed by atoms with Crippen LogP contribution in [-0.2, 0) is 12.6 Å². The van der Waals surface area contributed by atoms with Crippen LogP contribution in [0.15, 0.2) is 36.4 Å². The van der Waals surface area contributed by atoms with Crippen LogP contribution in [0.1, 0.15) is 21.6 Å². The predicted octanol–water partition coefficient (Wildman–Crippen LogP) is 7.39. The van der Waals surface area contributed by atoms with Gasteiger partial charge in [0.25, 0.3) is 0 Å². The van der Waals surface area contributed by atoms with Gasteiger partial charge in [0.2, 0.25) is 0 Å². The highest BCUT2D eigenvalue weighted by Crippen LogP contribution is 2.48. The van der Waals surface area contributed by atoms with E-state index in [1.165, 1.54) is 17.4 Å². The van der Waals surface area contributed by atoms with Gasteiger partial charge < -0.3 is 10.4 Å². The van der Waals surface area contributed by atoms with Gasteiger partial charge in [0, 0.05) is 13.5 Å². The Hall–Kier alpha value is -1.89. The van der Waals surface area contributed by atoms with E-state index in [0.29, 0.717) is 31.9 Å². The Morgan fingerprint density at radius 1 is 1.14 bits per heavy atom. The number of nitrogens with one attached hydrogen (secondary N) is 1. The summed E-state index contributed by atoms with van der Waals surface area (Å²) in [5.74, 6) is -0.0656. The van der Waals surface area contributed by atoms with E-state index in [1.807, 2.05) is 13.0 Å². The molecular weight excluding hydrogens is 430 g/mol. The van der Waals surface area contributed by atoms with Gasteiger partial charge in [-0.2, -0.15) is 13.2 Å². The zero-order chi connectivity index (χ0) is 20.6. The van der Waals surface area contributed by atoms with Crippen molar-refractivity contribution in [1.82, 2.24) is 0 Å². The summed E-state index contributed by atoms with van der Waals surface area (Å²) in [7, 11) is 1.66. The number of halogens is 5. The molecule has 8 heteroatoms. The fraction of sp³-hybridized carbons (Fsp3) is 0.200. The maximum atomic E-state index is 13.1. The summed E-state index contributed by atoms with van der Waals surface area (Å²) in [6.07, 6.45) is -4.15. The third kappa shape index (κ3) is 3.95. The van der Waals surface area contributed by atoms with E-state index >= 15 is 0 Å². The molecule has 0 radical (unpaired) electrons. The van der Waals surface area contributed by atoms with Crippen molar-refractivity contribution in [2.45, 2.75) is 19.5 Å². The Bertz CT molecular complexity index is 1030. The number of aryl methyl sites for hydroxylation is 1. The highest BCUT2D eigenvalue weighted by atomic mass is 35.5. The van der Waals surface area contributed by atoms with E-state index < -0.39 is 11.7 Å². The van der Waals surface area contributed by atoms with E-state index in [2.05, 4.69) is 5.32 Å². The molecule has 0 aliphatic carbocycles. The van der Waals surface area contributed by atoms with Gasteiger partial charge >= 0.3 is 6.18 Å². The largest absolute Gasteiger partial charge is 0.506 e. The van der Waals surface area contributed by atoms with Crippen molar-refractivity contribution in [2.24, 2.45) is 0 Å². The van der Waals surface area contributed by atoms with Gasteiger partial charge in [0.1, 0.15) is 10.8 Å². The summed E-state index contributed by atoms with van der Waals surface area (Å²) in [5.41, 5.74) is 1.53. The Labute approximate surface area is 174 Å². The van der Waals surface area contributed by atoms with E-state index in [0.717, 1.165) is 23.3 Å². The summed E-state index contributed by atoms with van der Waals surface area (Å²) in [4.78, 5) is 0.587. The number of anilines is 1. The average Bonchev–Trinajstić information content (AvgIpc) is 2.97. The van der Waals surface area contributed by atoms with Crippen molar-refractivity contribution >= 4 is 39.5 Å². The zero-order valence-corrected chi connectivity index (χ0v) is 17.2. The Morgan fingerprint density at radius 3 is 2.50 bits per heavy atom. The topological polar surface area (TPSA) is 32.3 Å². The fourth-order valence-corrected chi connectivity index (χ4v) is 4.49. The van der Waals surface area contributed by atoms with Crippen molar-refractivity contribution in [3.63, 3.8) is 0 Å². The third-order valence-corrected chi connectivity index (χ3v) is 6.47. The zero-order valence-electron chi connectivity index (χ0n) is 14.9. The minimum atomic E-state index is -4.46. The molecule has 1 aromatic heterocycles. The number of benzene rings is 2. The number of thiophene rings is 1. The van der Waals surface area contributed by atoms with Gasteiger partial charge in [-0.1, -0.05) is 41.4 Å². The van der Waals surface area contributed by atoms with Crippen LogP contribution in [0, 0.1) is 6.92 Å². The first kappa shape index (κ1) is 20.8. The molecule has 0 atom stereocenters. The summed E-state index contributed by atoms with van der Waals surface area (Å²) >= 11 is 13.7. The molecule has 2 N–H and O–H groups in total. The molecule has 0 aliphatic heterocycles. The lowest BCUT2D eigenvalue weighted by molar-refractivity contribution is -0.137. The number of alkyl halides is 3. The Morgan fingerprint density at radius 2 is 1.86 bits per heavy atom. The molecule has 2 nitrogen and oxygen atoms in total. The molecule has 0 unspecified atom stereocenters. The van der Waals surface area contributed by atoms with E-state index in [9.17, 15) is 18.3 Å². The molecule has 3 rings (SSSR count). The van der Waals surface area contributed by atoms with Crippen LogP contribution < -0.4 is 5.32 Å². The molecule has 1 heterocycles. The first-order valence-electron chi connectivity index (χ1n) is 8.27. The van der Waals surface area contributed by atoms with Crippen LogP contribution in [0.5, 0.6) is 5.75 Å². The minimum absolute atomic E-state index is 0.0656. The molecule has 0 saturated heterocycles. The maximum absolute atomic E-state index is 13.1. The van der Waals surface area contributed by atoms with Gasteiger partial charge in [0.05, 0.1) is 26.0 Å². The van der Waals surface area contributed by atoms with Gasteiger partial charge in [-0.05, 0) is 41.8 Å². The molecule has 148 valence electrons. The smallest absolute Gasteiger partial charge is 0.416 e.